The number of methoxy groups -OCH3 is 1. The van der Waals surface area contributed by atoms with Crippen LogP contribution in [0.3, 0.4) is 0 Å². The van der Waals surface area contributed by atoms with Crippen molar-refractivity contribution in [3.63, 3.8) is 0 Å². The Balaban J connectivity index is 1.94. The van der Waals surface area contributed by atoms with Gasteiger partial charge in [-0.3, -0.25) is 0 Å². The molecule has 0 fully saturated rings. The summed E-state index contributed by atoms with van der Waals surface area (Å²) in [6.45, 7) is 2.06. The Morgan fingerprint density at radius 3 is 2.33 bits per heavy atom. The van der Waals surface area contributed by atoms with Crippen molar-refractivity contribution in [1.29, 1.82) is 0 Å². The van der Waals surface area contributed by atoms with Crippen molar-refractivity contribution in [1.82, 2.24) is 0 Å². The molecule has 0 saturated heterocycles. The first kappa shape index (κ1) is 16.9. The molecule has 0 amide bonds. The van der Waals surface area contributed by atoms with Gasteiger partial charge in [-0.25, -0.2) is 4.99 Å². The lowest BCUT2D eigenvalue weighted by atomic mass is 10.1. The minimum atomic E-state index is 0.239. The van der Waals surface area contributed by atoms with Gasteiger partial charge in [0.15, 0.2) is 0 Å². The summed E-state index contributed by atoms with van der Waals surface area (Å²) in [4.78, 5) is 3.44. The van der Waals surface area contributed by atoms with Crippen LogP contribution in [0.4, 0.5) is 5.69 Å². The van der Waals surface area contributed by atoms with Gasteiger partial charge in [-0.1, -0.05) is 11.6 Å². The molecule has 4 heteroatoms. The molecule has 0 aliphatic heterocycles. The van der Waals surface area contributed by atoms with Crippen molar-refractivity contribution in [2.75, 3.05) is 7.11 Å². The Morgan fingerprint density at radius 1 is 0.889 bits per heavy atom. The van der Waals surface area contributed by atoms with E-state index in [9.17, 15) is 5.11 Å². The van der Waals surface area contributed by atoms with Crippen LogP contribution in [-0.2, 0) is 0 Å². The number of aromatic hydroxyl groups is 1. The molecule has 0 bridgehead atoms. The van der Waals surface area contributed by atoms with E-state index in [-0.39, 0.29) is 5.75 Å². The number of hydrogen-bond acceptors (Lipinski definition) is 3. The van der Waals surface area contributed by atoms with E-state index in [2.05, 4.69) is 18.0 Å². The first-order valence-electron chi connectivity index (χ1n) is 8.70. The van der Waals surface area contributed by atoms with Crippen molar-refractivity contribution < 1.29 is 19.3 Å². The lowest BCUT2D eigenvalue weighted by Gasteiger charge is -2.05. The Morgan fingerprint density at radius 2 is 1.63 bits per heavy atom. The zero-order chi connectivity index (χ0) is 18.8. The molecule has 134 valence electrons. The van der Waals surface area contributed by atoms with Crippen LogP contribution in [0.1, 0.15) is 5.56 Å². The van der Waals surface area contributed by atoms with Crippen molar-refractivity contribution in [2.45, 2.75) is 6.92 Å². The number of nitrogens with one attached hydrogen (secondary N) is 1. The SMILES string of the molecule is COc1ccc(-c2cc(=[NH+]c3ccc(O)cc3)c3cc(C)ccc3o2)cc1. The smallest absolute Gasteiger partial charge is 0.218 e. The van der Waals surface area contributed by atoms with Gasteiger partial charge in [-0.2, -0.15) is 0 Å². The average molecular weight is 358 g/mol. The molecule has 0 spiro atoms. The van der Waals surface area contributed by atoms with Crippen molar-refractivity contribution in [3.05, 3.63) is 83.7 Å². The maximum atomic E-state index is 9.51. The highest BCUT2D eigenvalue weighted by atomic mass is 16.5. The van der Waals surface area contributed by atoms with Gasteiger partial charge in [0.2, 0.25) is 11.0 Å². The van der Waals surface area contributed by atoms with Gasteiger partial charge in [0, 0.05) is 17.7 Å². The van der Waals surface area contributed by atoms with E-state index in [1.54, 1.807) is 19.2 Å². The maximum Gasteiger partial charge on any atom is 0.218 e. The maximum absolute atomic E-state index is 9.51. The van der Waals surface area contributed by atoms with Gasteiger partial charge in [-0.15, -0.1) is 0 Å². The van der Waals surface area contributed by atoms with Crippen molar-refractivity contribution in [3.8, 4) is 22.8 Å². The molecule has 0 aliphatic carbocycles. The minimum Gasteiger partial charge on any atom is -0.508 e. The molecule has 4 aromatic rings. The zero-order valence-electron chi connectivity index (χ0n) is 15.2. The monoisotopic (exact) mass is 358 g/mol. The summed E-state index contributed by atoms with van der Waals surface area (Å²) in [5.41, 5.74) is 3.81. The van der Waals surface area contributed by atoms with Gasteiger partial charge in [0.05, 0.1) is 18.6 Å². The molecule has 0 aliphatic rings. The molecule has 1 aromatic heterocycles. The largest absolute Gasteiger partial charge is 0.508 e. The van der Waals surface area contributed by atoms with Crippen LogP contribution in [0.2, 0.25) is 0 Å². The van der Waals surface area contributed by atoms with Crippen LogP contribution in [0.15, 0.2) is 77.2 Å². The number of phenols is 1. The number of hydrogen-bond donors (Lipinski definition) is 2. The number of fused-ring (bicyclic) bond motifs is 1. The molecule has 0 saturated carbocycles. The number of ether oxygens (including phenoxy) is 1. The number of aryl methyl sites for hydroxylation is 1. The number of phenolic OH excluding ortho intramolecular Hbond substituents is 1. The Labute approximate surface area is 157 Å². The summed E-state index contributed by atoms with van der Waals surface area (Å²) < 4.78 is 11.4. The highest BCUT2D eigenvalue weighted by Crippen LogP contribution is 2.24. The van der Waals surface area contributed by atoms with E-state index in [1.165, 1.54) is 0 Å². The molecule has 0 unspecified atom stereocenters. The third kappa shape index (κ3) is 3.55. The second-order valence-electron chi connectivity index (χ2n) is 6.42. The Kier molecular flexibility index (Phi) is 4.38. The highest BCUT2D eigenvalue weighted by Gasteiger charge is 2.10. The lowest BCUT2D eigenvalue weighted by molar-refractivity contribution is -0.400. The molecule has 1 heterocycles. The highest BCUT2D eigenvalue weighted by molar-refractivity contribution is 5.78. The normalized spacial score (nSPS) is 11.7. The second kappa shape index (κ2) is 7.00. The summed E-state index contributed by atoms with van der Waals surface area (Å²) in [6.07, 6.45) is 0. The molecule has 4 rings (SSSR count). The van der Waals surface area contributed by atoms with Crippen LogP contribution in [0.5, 0.6) is 11.5 Å². The van der Waals surface area contributed by atoms with Crippen molar-refractivity contribution >= 4 is 16.7 Å². The predicted molar refractivity (Wildman–Crippen MR) is 105 cm³/mol. The number of rotatable bonds is 3. The molecular formula is C23H20NO3+. The van der Waals surface area contributed by atoms with E-state index in [0.717, 1.165) is 44.7 Å². The Bertz CT molecular complexity index is 1160. The Hall–Kier alpha value is -3.53. The van der Waals surface area contributed by atoms with Crippen LogP contribution < -0.4 is 15.1 Å². The fourth-order valence-electron chi connectivity index (χ4n) is 3.00. The zero-order valence-corrected chi connectivity index (χ0v) is 15.2. The van der Waals surface area contributed by atoms with Gasteiger partial charge in [0.1, 0.15) is 22.8 Å². The first-order chi connectivity index (χ1) is 13.1. The topological polar surface area (TPSA) is 56.6 Å². The number of benzene rings is 3. The van der Waals surface area contributed by atoms with Gasteiger partial charge >= 0.3 is 0 Å². The lowest BCUT2D eigenvalue weighted by Crippen LogP contribution is -2.70. The molecule has 2 N–H and O–H groups in total. The van der Waals surface area contributed by atoms with Gasteiger partial charge < -0.3 is 14.3 Å². The average Bonchev–Trinajstić information content (AvgIpc) is 2.70. The summed E-state index contributed by atoms with van der Waals surface area (Å²) in [6, 6.07) is 22.9. The fourth-order valence-corrected chi connectivity index (χ4v) is 3.00. The van der Waals surface area contributed by atoms with E-state index in [4.69, 9.17) is 9.15 Å². The van der Waals surface area contributed by atoms with E-state index in [0.29, 0.717) is 0 Å². The van der Waals surface area contributed by atoms with Gasteiger partial charge in [-0.05, 0) is 55.5 Å². The van der Waals surface area contributed by atoms with Crippen LogP contribution >= 0.6 is 0 Å². The van der Waals surface area contributed by atoms with Crippen LogP contribution in [0.25, 0.3) is 22.3 Å². The summed E-state index contributed by atoms with van der Waals surface area (Å²) in [5.74, 6) is 1.80. The molecular weight excluding hydrogens is 338 g/mol. The second-order valence-corrected chi connectivity index (χ2v) is 6.42. The summed E-state index contributed by atoms with van der Waals surface area (Å²) in [7, 11) is 1.65. The molecule has 0 atom stereocenters. The van der Waals surface area contributed by atoms with E-state index >= 15 is 0 Å². The fraction of sp³-hybridized carbons (Fsp3) is 0.0870. The standard InChI is InChI=1S/C23H19NO3/c1-15-3-12-22-20(13-15)21(24-17-6-8-18(25)9-7-17)14-23(27-22)16-4-10-19(26-2)11-5-16/h3-14,25H,1-2H3/p+1. The summed E-state index contributed by atoms with van der Waals surface area (Å²) in [5, 5.41) is 11.5. The van der Waals surface area contributed by atoms with E-state index < -0.39 is 0 Å². The molecule has 3 aromatic carbocycles. The molecule has 0 radical (unpaired) electrons. The van der Waals surface area contributed by atoms with Crippen molar-refractivity contribution in [2.24, 2.45) is 0 Å². The third-order valence-corrected chi connectivity index (χ3v) is 4.44. The minimum absolute atomic E-state index is 0.239. The first-order valence-corrected chi connectivity index (χ1v) is 8.70. The van der Waals surface area contributed by atoms with E-state index in [1.807, 2.05) is 54.6 Å². The summed E-state index contributed by atoms with van der Waals surface area (Å²) >= 11 is 0. The van der Waals surface area contributed by atoms with Gasteiger partial charge in [0.25, 0.3) is 0 Å². The third-order valence-electron chi connectivity index (χ3n) is 4.44. The van der Waals surface area contributed by atoms with Crippen LogP contribution in [-0.4, -0.2) is 12.2 Å². The van der Waals surface area contributed by atoms with Crippen LogP contribution in [0, 0.1) is 6.92 Å². The molecule has 4 nitrogen and oxygen atoms in total. The quantitative estimate of drug-likeness (QED) is 0.552. The predicted octanol–water partition coefficient (Wildman–Crippen LogP) is 3.44. The molecule has 27 heavy (non-hydrogen) atoms.